The van der Waals surface area contributed by atoms with Gasteiger partial charge in [0.05, 0.1) is 11.5 Å². The molecule has 0 radical (unpaired) electrons. The average Bonchev–Trinajstić information content (AvgIpc) is 2.21. The molecule has 4 fully saturated rings. The van der Waals surface area contributed by atoms with Crippen LogP contribution >= 0.6 is 12.2 Å². The minimum absolute atomic E-state index is 0.219. The largest absolute Gasteiger partial charge is 0.392 e. The summed E-state index contributed by atoms with van der Waals surface area (Å²) in [4.78, 5) is 14.7. The van der Waals surface area contributed by atoms with Crippen LogP contribution in [0.1, 0.15) is 58.8 Å². The maximum absolute atomic E-state index is 12.6. The SMILES string of the molecule is CN(CC(N)=S)C(=O)CC12CC3CC(C)(CC(C)(C3)C1)C2. The van der Waals surface area contributed by atoms with Crippen molar-refractivity contribution in [3.05, 3.63) is 0 Å². The molecule has 0 heterocycles. The van der Waals surface area contributed by atoms with E-state index in [1.165, 1.54) is 38.5 Å². The molecule has 118 valence electrons. The molecule has 1 amide bonds. The van der Waals surface area contributed by atoms with Gasteiger partial charge >= 0.3 is 0 Å². The molecule has 4 heteroatoms. The molecule has 2 N–H and O–H groups in total. The smallest absolute Gasteiger partial charge is 0.223 e. The van der Waals surface area contributed by atoms with Crippen molar-refractivity contribution in [2.75, 3.05) is 13.6 Å². The Hall–Kier alpha value is -0.640. The van der Waals surface area contributed by atoms with Crippen molar-refractivity contribution in [2.24, 2.45) is 27.9 Å². The van der Waals surface area contributed by atoms with Crippen LogP contribution in [0.3, 0.4) is 0 Å². The molecule has 0 aromatic carbocycles. The van der Waals surface area contributed by atoms with E-state index in [1.54, 1.807) is 4.90 Å². The third-order valence-corrected chi connectivity index (χ3v) is 6.22. The van der Waals surface area contributed by atoms with E-state index in [-0.39, 0.29) is 11.3 Å². The van der Waals surface area contributed by atoms with E-state index in [4.69, 9.17) is 18.0 Å². The zero-order chi connectivity index (χ0) is 15.5. The highest BCUT2D eigenvalue weighted by atomic mass is 32.1. The Bertz CT molecular complexity index is 471. The minimum atomic E-state index is 0.219. The molecule has 21 heavy (non-hydrogen) atoms. The van der Waals surface area contributed by atoms with Crippen molar-refractivity contribution in [3.63, 3.8) is 0 Å². The van der Waals surface area contributed by atoms with E-state index in [0.29, 0.717) is 28.8 Å². The number of carbonyl (C=O) groups is 1. The van der Waals surface area contributed by atoms with E-state index < -0.39 is 0 Å². The lowest BCUT2D eigenvalue weighted by Crippen LogP contribution is -2.56. The van der Waals surface area contributed by atoms with Gasteiger partial charge in [0.2, 0.25) is 5.91 Å². The van der Waals surface area contributed by atoms with Gasteiger partial charge in [0.25, 0.3) is 0 Å². The molecule has 0 aliphatic heterocycles. The number of thiocarbonyl (C=S) groups is 1. The van der Waals surface area contributed by atoms with Crippen LogP contribution in [-0.2, 0) is 4.79 Å². The topological polar surface area (TPSA) is 46.3 Å². The standard InChI is InChI=1S/C17H28N2OS/c1-15-4-12-5-16(2,9-15)11-17(6-12,10-15)7-14(20)19(3)8-13(18)21/h12H,4-11H2,1-3H3,(H2,18,21). The summed E-state index contributed by atoms with van der Waals surface area (Å²) in [6.45, 7) is 5.31. The molecule has 4 bridgehead atoms. The van der Waals surface area contributed by atoms with Gasteiger partial charge in [-0.25, -0.2) is 0 Å². The van der Waals surface area contributed by atoms with Gasteiger partial charge in [-0.15, -0.1) is 0 Å². The van der Waals surface area contributed by atoms with Crippen LogP contribution in [0.5, 0.6) is 0 Å². The second-order valence-corrected chi connectivity index (χ2v) is 9.55. The number of hydrogen-bond donors (Lipinski definition) is 1. The first kappa shape index (κ1) is 15.3. The van der Waals surface area contributed by atoms with Gasteiger partial charge in [0.1, 0.15) is 0 Å². The number of rotatable bonds is 4. The van der Waals surface area contributed by atoms with Gasteiger partial charge in [0.15, 0.2) is 0 Å². The van der Waals surface area contributed by atoms with Crippen molar-refractivity contribution in [1.82, 2.24) is 4.90 Å². The molecule has 0 spiro atoms. The lowest BCUT2D eigenvalue weighted by molar-refractivity contribution is -0.160. The van der Waals surface area contributed by atoms with E-state index >= 15 is 0 Å². The fourth-order valence-electron chi connectivity index (χ4n) is 6.66. The van der Waals surface area contributed by atoms with Gasteiger partial charge in [-0.3, -0.25) is 4.79 Å². The zero-order valence-electron chi connectivity index (χ0n) is 13.6. The Balaban J connectivity index is 1.76. The summed E-state index contributed by atoms with van der Waals surface area (Å²) in [5.74, 6) is 1.06. The second kappa shape index (κ2) is 4.68. The number of carbonyl (C=O) groups excluding carboxylic acids is 1. The van der Waals surface area contributed by atoms with Gasteiger partial charge in [-0.2, -0.15) is 0 Å². The molecule has 2 atom stereocenters. The van der Waals surface area contributed by atoms with Crippen LogP contribution in [0.25, 0.3) is 0 Å². The summed E-state index contributed by atoms with van der Waals surface area (Å²) in [5.41, 5.74) is 6.75. The molecule has 4 saturated carbocycles. The zero-order valence-corrected chi connectivity index (χ0v) is 14.4. The summed E-state index contributed by atoms with van der Waals surface area (Å²) >= 11 is 4.93. The fraction of sp³-hybridized carbons (Fsp3) is 0.882. The first-order valence-corrected chi connectivity index (χ1v) is 8.56. The monoisotopic (exact) mass is 308 g/mol. The predicted molar refractivity (Wildman–Crippen MR) is 88.9 cm³/mol. The summed E-state index contributed by atoms with van der Waals surface area (Å²) in [5, 5.41) is 0. The van der Waals surface area contributed by atoms with Crippen molar-refractivity contribution >= 4 is 23.1 Å². The molecule has 3 nitrogen and oxygen atoms in total. The maximum atomic E-state index is 12.6. The molecule has 4 aliphatic rings. The lowest BCUT2D eigenvalue weighted by Gasteiger charge is -2.65. The lowest BCUT2D eigenvalue weighted by atomic mass is 9.40. The second-order valence-electron chi connectivity index (χ2n) is 9.02. The fourth-order valence-corrected chi connectivity index (χ4v) is 6.85. The van der Waals surface area contributed by atoms with Gasteiger partial charge in [0, 0.05) is 13.5 Å². The van der Waals surface area contributed by atoms with Crippen LogP contribution in [0, 0.1) is 22.2 Å². The molecule has 0 aromatic heterocycles. The first-order chi connectivity index (χ1) is 9.63. The molecular formula is C17H28N2OS. The van der Waals surface area contributed by atoms with Crippen LogP contribution < -0.4 is 5.73 Å². The summed E-state index contributed by atoms with van der Waals surface area (Å²) < 4.78 is 0. The third-order valence-electron chi connectivity index (χ3n) is 6.09. The summed E-state index contributed by atoms with van der Waals surface area (Å²) in [6, 6.07) is 0. The van der Waals surface area contributed by atoms with E-state index in [9.17, 15) is 4.79 Å². The first-order valence-electron chi connectivity index (χ1n) is 8.15. The average molecular weight is 308 g/mol. The molecule has 0 aromatic rings. The Morgan fingerprint density at radius 2 is 1.76 bits per heavy atom. The Morgan fingerprint density at radius 3 is 2.24 bits per heavy atom. The van der Waals surface area contributed by atoms with Gasteiger partial charge in [-0.05, 0) is 60.7 Å². The Kier molecular flexibility index (Phi) is 3.40. The van der Waals surface area contributed by atoms with Crippen LogP contribution in [0.2, 0.25) is 0 Å². The number of nitrogens with two attached hydrogens (primary N) is 1. The normalized spacial score (nSPS) is 43.9. The molecule has 4 aliphatic carbocycles. The number of hydrogen-bond acceptors (Lipinski definition) is 2. The highest BCUT2D eigenvalue weighted by molar-refractivity contribution is 7.80. The predicted octanol–water partition coefficient (Wildman–Crippen LogP) is 3.12. The van der Waals surface area contributed by atoms with E-state index in [1.807, 2.05) is 7.05 Å². The van der Waals surface area contributed by atoms with E-state index in [2.05, 4.69) is 13.8 Å². The van der Waals surface area contributed by atoms with Crippen molar-refractivity contribution in [3.8, 4) is 0 Å². The Morgan fingerprint density at radius 1 is 1.19 bits per heavy atom. The molecule has 4 rings (SSSR count). The van der Waals surface area contributed by atoms with E-state index in [0.717, 1.165) is 5.92 Å². The maximum Gasteiger partial charge on any atom is 0.223 e. The number of nitrogens with zero attached hydrogens (tertiary/aromatic N) is 1. The number of amides is 1. The molecule has 2 unspecified atom stereocenters. The molecule has 0 saturated heterocycles. The minimum Gasteiger partial charge on any atom is -0.392 e. The van der Waals surface area contributed by atoms with Crippen LogP contribution in [-0.4, -0.2) is 29.4 Å². The Labute approximate surface area is 133 Å². The van der Waals surface area contributed by atoms with Crippen LogP contribution in [0.4, 0.5) is 0 Å². The summed E-state index contributed by atoms with van der Waals surface area (Å²) in [7, 11) is 1.82. The number of likely N-dealkylation sites (N-methyl/N-ethyl adjacent to an activating group) is 1. The summed E-state index contributed by atoms with van der Waals surface area (Å²) in [6.07, 6.45) is 8.52. The van der Waals surface area contributed by atoms with Crippen molar-refractivity contribution < 1.29 is 4.79 Å². The highest BCUT2D eigenvalue weighted by Crippen LogP contribution is 2.70. The van der Waals surface area contributed by atoms with Gasteiger partial charge < -0.3 is 10.6 Å². The molecular weight excluding hydrogens is 280 g/mol. The quantitative estimate of drug-likeness (QED) is 0.812. The van der Waals surface area contributed by atoms with Crippen LogP contribution in [0.15, 0.2) is 0 Å². The van der Waals surface area contributed by atoms with Crippen molar-refractivity contribution in [2.45, 2.75) is 58.8 Å². The third kappa shape index (κ3) is 2.84. The van der Waals surface area contributed by atoms with Crippen molar-refractivity contribution in [1.29, 1.82) is 0 Å². The van der Waals surface area contributed by atoms with Gasteiger partial charge in [-0.1, -0.05) is 26.1 Å². The highest BCUT2D eigenvalue weighted by Gasteiger charge is 2.60.